The van der Waals surface area contributed by atoms with Gasteiger partial charge in [0.1, 0.15) is 5.60 Å². The quantitative estimate of drug-likeness (QED) is 0.783. The molecule has 1 amide bonds. The molecule has 19 heavy (non-hydrogen) atoms. The fourth-order valence-corrected chi connectivity index (χ4v) is 2.37. The van der Waals surface area contributed by atoms with E-state index in [-0.39, 0.29) is 12.1 Å². The third-order valence-electron chi connectivity index (χ3n) is 2.72. The van der Waals surface area contributed by atoms with Gasteiger partial charge in [-0.05, 0) is 45.9 Å². The number of amides is 1. The number of fused-ring (bicyclic) bond motifs is 1. The second kappa shape index (κ2) is 5.04. The first kappa shape index (κ1) is 14.2. The lowest BCUT2D eigenvalue weighted by atomic mass is 10.1. The van der Waals surface area contributed by atoms with Gasteiger partial charge in [0.25, 0.3) is 0 Å². The Balaban J connectivity index is 2.32. The fourth-order valence-electron chi connectivity index (χ4n) is 2.02. The van der Waals surface area contributed by atoms with Crippen LogP contribution in [0.4, 0.5) is 16.2 Å². The molecule has 0 fully saturated rings. The zero-order chi connectivity index (χ0) is 14.2. The van der Waals surface area contributed by atoms with E-state index in [0.717, 1.165) is 15.8 Å². The van der Waals surface area contributed by atoms with Gasteiger partial charge in [0.2, 0.25) is 0 Å². The summed E-state index contributed by atoms with van der Waals surface area (Å²) in [6.45, 7) is 8.26. The Morgan fingerprint density at radius 1 is 1.47 bits per heavy atom. The average molecular weight is 327 g/mol. The molecule has 0 bridgehead atoms. The van der Waals surface area contributed by atoms with Crippen LogP contribution >= 0.6 is 15.9 Å². The van der Waals surface area contributed by atoms with E-state index >= 15 is 0 Å². The Bertz CT molecular complexity index is 497. The molecule has 0 saturated carbocycles. The Kier molecular flexibility index (Phi) is 3.76. The number of ether oxygens (including phenoxy) is 1. The van der Waals surface area contributed by atoms with Gasteiger partial charge in [-0.2, -0.15) is 0 Å². The molecule has 1 heterocycles. The van der Waals surface area contributed by atoms with Gasteiger partial charge in [0.05, 0.1) is 11.4 Å². The van der Waals surface area contributed by atoms with Crippen molar-refractivity contribution in [3.63, 3.8) is 0 Å². The molecule has 1 atom stereocenters. The molecule has 104 valence electrons. The van der Waals surface area contributed by atoms with E-state index in [0.29, 0.717) is 6.54 Å². The first-order valence-corrected chi connectivity index (χ1v) is 7.12. The molecule has 1 aromatic rings. The minimum atomic E-state index is -0.489. The lowest BCUT2D eigenvalue weighted by molar-refractivity contribution is 0.0578. The predicted molar refractivity (Wildman–Crippen MR) is 80.8 cm³/mol. The minimum Gasteiger partial charge on any atom is -0.443 e. The van der Waals surface area contributed by atoms with E-state index in [4.69, 9.17) is 4.74 Å². The Morgan fingerprint density at radius 3 is 2.79 bits per heavy atom. The topological polar surface area (TPSA) is 41.6 Å². The SMILES string of the molecule is CC1CN(C(=O)OC(C)(C)C)c2cc(Br)ccc2N1. The lowest BCUT2D eigenvalue weighted by Gasteiger charge is -2.35. The van der Waals surface area contributed by atoms with Crippen molar-refractivity contribution >= 4 is 33.4 Å². The summed E-state index contributed by atoms with van der Waals surface area (Å²) in [7, 11) is 0. The monoisotopic (exact) mass is 326 g/mol. The van der Waals surface area contributed by atoms with Gasteiger partial charge < -0.3 is 10.1 Å². The highest BCUT2D eigenvalue weighted by molar-refractivity contribution is 9.10. The molecule has 0 radical (unpaired) electrons. The number of halogens is 1. The number of carbonyl (C=O) groups is 1. The standard InChI is InChI=1S/C14H19BrN2O2/c1-9-8-17(13(18)19-14(2,3)4)12-7-10(15)5-6-11(12)16-9/h5-7,9,16H,8H2,1-4H3. The highest BCUT2D eigenvalue weighted by Crippen LogP contribution is 2.34. The van der Waals surface area contributed by atoms with Crippen LogP contribution in [0.1, 0.15) is 27.7 Å². The largest absolute Gasteiger partial charge is 0.443 e. The van der Waals surface area contributed by atoms with E-state index in [2.05, 4.69) is 21.2 Å². The second-order valence-electron chi connectivity index (χ2n) is 5.80. The maximum atomic E-state index is 12.3. The maximum absolute atomic E-state index is 12.3. The van der Waals surface area contributed by atoms with Crippen LogP contribution in [0, 0.1) is 0 Å². The van der Waals surface area contributed by atoms with Crippen LogP contribution in [0.2, 0.25) is 0 Å². The van der Waals surface area contributed by atoms with E-state index in [1.165, 1.54) is 0 Å². The van der Waals surface area contributed by atoms with E-state index < -0.39 is 5.60 Å². The van der Waals surface area contributed by atoms with Crippen LogP contribution in [0.25, 0.3) is 0 Å². The van der Waals surface area contributed by atoms with Crippen molar-refractivity contribution in [1.29, 1.82) is 0 Å². The van der Waals surface area contributed by atoms with Crippen LogP contribution in [0.3, 0.4) is 0 Å². The molecule has 1 aliphatic heterocycles. The number of carbonyl (C=O) groups excluding carboxylic acids is 1. The maximum Gasteiger partial charge on any atom is 0.414 e. The van der Waals surface area contributed by atoms with Gasteiger partial charge in [-0.3, -0.25) is 4.90 Å². The predicted octanol–water partition coefficient (Wildman–Crippen LogP) is 4.00. The number of benzene rings is 1. The van der Waals surface area contributed by atoms with Gasteiger partial charge in [0, 0.05) is 17.1 Å². The van der Waals surface area contributed by atoms with Crippen molar-refractivity contribution in [2.45, 2.75) is 39.3 Å². The summed E-state index contributed by atoms with van der Waals surface area (Å²) in [5, 5.41) is 3.36. The number of nitrogens with zero attached hydrogens (tertiary/aromatic N) is 1. The Morgan fingerprint density at radius 2 is 2.16 bits per heavy atom. The van der Waals surface area contributed by atoms with E-state index in [1.54, 1.807) is 4.90 Å². The minimum absolute atomic E-state index is 0.196. The van der Waals surface area contributed by atoms with E-state index in [9.17, 15) is 4.79 Å². The highest BCUT2D eigenvalue weighted by atomic mass is 79.9. The Hall–Kier alpha value is -1.23. The third-order valence-corrected chi connectivity index (χ3v) is 3.22. The van der Waals surface area contributed by atoms with Crippen molar-refractivity contribution in [3.8, 4) is 0 Å². The smallest absolute Gasteiger partial charge is 0.414 e. The third kappa shape index (κ3) is 3.41. The summed E-state index contributed by atoms with van der Waals surface area (Å²) in [6, 6.07) is 6.04. The molecule has 0 aliphatic carbocycles. The van der Waals surface area contributed by atoms with Gasteiger partial charge in [-0.1, -0.05) is 15.9 Å². The highest BCUT2D eigenvalue weighted by Gasteiger charge is 2.29. The molecule has 1 N–H and O–H groups in total. The van der Waals surface area contributed by atoms with Crippen molar-refractivity contribution in [2.24, 2.45) is 0 Å². The molecular weight excluding hydrogens is 308 g/mol. The summed E-state index contributed by atoms with van der Waals surface area (Å²) in [5.74, 6) is 0. The lowest BCUT2D eigenvalue weighted by Crippen LogP contribution is -2.45. The molecule has 5 heteroatoms. The summed E-state index contributed by atoms with van der Waals surface area (Å²) in [6.07, 6.45) is -0.305. The molecule has 0 spiro atoms. The summed E-state index contributed by atoms with van der Waals surface area (Å²) >= 11 is 3.44. The molecular formula is C14H19BrN2O2. The number of nitrogens with one attached hydrogen (secondary N) is 1. The van der Waals surface area contributed by atoms with Gasteiger partial charge >= 0.3 is 6.09 Å². The molecule has 1 aliphatic rings. The normalized spacial score (nSPS) is 18.6. The number of rotatable bonds is 0. The van der Waals surface area contributed by atoms with Crippen LogP contribution < -0.4 is 10.2 Å². The summed E-state index contributed by atoms with van der Waals surface area (Å²) in [5.41, 5.74) is 1.31. The zero-order valence-electron chi connectivity index (χ0n) is 11.7. The summed E-state index contributed by atoms with van der Waals surface area (Å²) < 4.78 is 6.41. The summed E-state index contributed by atoms with van der Waals surface area (Å²) in [4.78, 5) is 14.0. The molecule has 0 saturated heterocycles. The van der Waals surface area contributed by atoms with E-state index in [1.807, 2.05) is 45.9 Å². The van der Waals surface area contributed by atoms with Crippen molar-refractivity contribution in [3.05, 3.63) is 22.7 Å². The van der Waals surface area contributed by atoms with Crippen molar-refractivity contribution in [2.75, 3.05) is 16.8 Å². The first-order valence-electron chi connectivity index (χ1n) is 6.33. The van der Waals surface area contributed by atoms with Gasteiger partial charge in [0.15, 0.2) is 0 Å². The van der Waals surface area contributed by atoms with Crippen LogP contribution in [0.15, 0.2) is 22.7 Å². The number of hydrogen-bond acceptors (Lipinski definition) is 3. The average Bonchev–Trinajstić information content (AvgIpc) is 2.26. The van der Waals surface area contributed by atoms with Crippen molar-refractivity contribution in [1.82, 2.24) is 0 Å². The van der Waals surface area contributed by atoms with Gasteiger partial charge in [-0.15, -0.1) is 0 Å². The number of hydrogen-bond donors (Lipinski definition) is 1. The first-order chi connectivity index (χ1) is 8.76. The van der Waals surface area contributed by atoms with Crippen LogP contribution in [-0.2, 0) is 4.74 Å². The van der Waals surface area contributed by atoms with Crippen molar-refractivity contribution < 1.29 is 9.53 Å². The molecule has 1 unspecified atom stereocenters. The second-order valence-corrected chi connectivity index (χ2v) is 6.71. The zero-order valence-corrected chi connectivity index (χ0v) is 13.2. The molecule has 2 rings (SSSR count). The van der Waals surface area contributed by atoms with Crippen LogP contribution in [0.5, 0.6) is 0 Å². The molecule has 4 nitrogen and oxygen atoms in total. The Labute approximate surface area is 122 Å². The van der Waals surface area contributed by atoms with Gasteiger partial charge in [-0.25, -0.2) is 4.79 Å². The van der Waals surface area contributed by atoms with Crippen LogP contribution in [-0.4, -0.2) is 24.3 Å². The number of anilines is 2. The molecule has 0 aromatic heterocycles. The fraction of sp³-hybridized carbons (Fsp3) is 0.500. The molecule has 1 aromatic carbocycles.